The molecule has 0 radical (unpaired) electrons. The molecule has 1 heterocycles. The molecule has 1 rings (SSSR count). The van der Waals surface area contributed by atoms with Crippen LogP contribution in [0.1, 0.15) is 23.0 Å². The predicted octanol–water partition coefficient (Wildman–Crippen LogP) is 1.54. The number of aryl methyl sites for hydroxylation is 1. The molecule has 1 aromatic heterocycles. The van der Waals surface area contributed by atoms with E-state index in [9.17, 15) is 9.00 Å². The average molecular weight is 275 g/mol. The van der Waals surface area contributed by atoms with Crippen molar-refractivity contribution >= 4 is 28.3 Å². The molecule has 0 aliphatic heterocycles. The maximum Gasteiger partial charge on any atom is 0.254 e. The molecule has 0 aliphatic rings. The molecule has 0 fully saturated rings. The number of nitrogens with zero attached hydrogens (tertiary/aromatic N) is 1. The first-order chi connectivity index (χ1) is 7.90. The lowest BCUT2D eigenvalue weighted by atomic mass is 10.2. The third-order valence-electron chi connectivity index (χ3n) is 2.10. The van der Waals surface area contributed by atoms with Crippen LogP contribution in [0, 0.1) is 6.92 Å². The monoisotopic (exact) mass is 274 g/mol. The number of nitrogens with one attached hydrogen (secondary N) is 1. The van der Waals surface area contributed by atoms with Gasteiger partial charge in [0.05, 0.1) is 10.6 Å². The van der Waals surface area contributed by atoms with Gasteiger partial charge < -0.3 is 5.32 Å². The second kappa shape index (κ2) is 6.12. The van der Waals surface area contributed by atoms with E-state index in [1.807, 2.05) is 0 Å². The number of halogens is 1. The Labute approximate surface area is 108 Å². The quantitative estimate of drug-likeness (QED) is 0.906. The topological polar surface area (TPSA) is 59.1 Å². The molecule has 2 unspecified atom stereocenters. The van der Waals surface area contributed by atoms with Crippen molar-refractivity contribution in [3.63, 3.8) is 0 Å². The number of pyridine rings is 1. The van der Waals surface area contributed by atoms with Gasteiger partial charge in [-0.05, 0) is 19.9 Å². The van der Waals surface area contributed by atoms with Crippen molar-refractivity contribution in [1.82, 2.24) is 10.3 Å². The van der Waals surface area contributed by atoms with Gasteiger partial charge in [-0.2, -0.15) is 0 Å². The zero-order valence-electron chi connectivity index (χ0n) is 9.99. The molecule has 94 valence electrons. The Hall–Kier alpha value is -0.940. The standard InChI is InChI=1S/C11H15ClN2O2S/c1-7-4-10(12)9(5-13-7)11(15)14-8(2)6-17(3)16/h4-5,8H,6H2,1-3H3,(H,14,15). The lowest BCUT2D eigenvalue weighted by Crippen LogP contribution is -2.36. The number of carbonyl (C=O) groups excluding carboxylic acids is 1. The van der Waals surface area contributed by atoms with Crippen LogP contribution in [-0.4, -0.2) is 33.2 Å². The van der Waals surface area contributed by atoms with Crippen LogP contribution < -0.4 is 5.32 Å². The van der Waals surface area contributed by atoms with Crippen molar-refractivity contribution in [2.75, 3.05) is 12.0 Å². The number of hydrogen-bond acceptors (Lipinski definition) is 3. The summed E-state index contributed by atoms with van der Waals surface area (Å²) in [6.45, 7) is 3.60. The maximum absolute atomic E-state index is 11.8. The lowest BCUT2D eigenvalue weighted by Gasteiger charge is -2.13. The zero-order valence-corrected chi connectivity index (χ0v) is 11.6. The van der Waals surface area contributed by atoms with E-state index in [-0.39, 0.29) is 11.9 Å². The van der Waals surface area contributed by atoms with E-state index < -0.39 is 10.8 Å². The Balaban J connectivity index is 2.73. The molecule has 2 atom stereocenters. The van der Waals surface area contributed by atoms with Crippen LogP contribution >= 0.6 is 11.6 Å². The highest BCUT2D eigenvalue weighted by Crippen LogP contribution is 2.15. The van der Waals surface area contributed by atoms with Gasteiger partial charge in [0, 0.05) is 40.7 Å². The third-order valence-corrected chi connectivity index (χ3v) is 3.38. The number of rotatable bonds is 4. The van der Waals surface area contributed by atoms with Gasteiger partial charge in [0.15, 0.2) is 0 Å². The molecule has 1 aromatic rings. The van der Waals surface area contributed by atoms with Crippen LogP contribution in [0.3, 0.4) is 0 Å². The van der Waals surface area contributed by atoms with E-state index in [1.165, 1.54) is 6.20 Å². The second-order valence-electron chi connectivity index (χ2n) is 3.92. The van der Waals surface area contributed by atoms with E-state index in [0.717, 1.165) is 5.69 Å². The zero-order chi connectivity index (χ0) is 13.0. The van der Waals surface area contributed by atoms with Gasteiger partial charge >= 0.3 is 0 Å². The van der Waals surface area contributed by atoms with Gasteiger partial charge in [0.1, 0.15) is 0 Å². The highest BCUT2D eigenvalue weighted by molar-refractivity contribution is 7.84. The first kappa shape index (κ1) is 14.1. The van der Waals surface area contributed by atoms with Crippen molar-refractivity contribution in [1.29, 1.82) is 0 Å². The molecular weight excluding hydrogens is 260 g/mol. The van der Waals surface area contributed by atoms with E-state index >= 15 is 0 Å². The first-order valence-electron chi connectivity index (χ1n) is 5.13. The van der Waals surface area contributed by atoms with Gasteiger partial charge in [0.2, 0.25) is 0 Å². The van der Waals surface area contributed by atoms with E-state index in [1.54, 1.807) is 26.2 Å². The molecule has 0 saturated heterocycles. The summed E-state index contributed by atoms with van der Waals surface area (Å²) in [7, 11) is -0.941. The number of aromatic nitrogens is 1. The van der Waals surface area contributed by atoms with Crippen molar-refractivity contribution < 1.29 is 9.00 Å². The van der Waals surface area contributed by atoms with Gasteiger partial charge in [-0.25, -0.2) is 0 Å². The molecule has 0 bridgehead atoms. The largest absolute Gasteiger partial charge is 0.349 e. The Morgan fingerprint density at radius 2 is 2.29 bits per heavy atom. The predicted molar refractivity (Wildman–Crippen MR) is 69.8 cm³/mol. The summed E-state index contributed by atoms with van der Waals surface area (Å²) in [5, 5.41) is 3.11. The highest BCUT2D eigenvalue weighted by Gasteiger charge is 2.14. The second-order valence-corrected chi connectivity index (χ2v) is 5.81. The smallest absolute Gasteiger partial charge is 0.254 e. The summed E-state index contributed by atoms with van der Waals surface area (Å²) >= 11 is 5.95. The Morgan fingerprint density at radius 1 is 1.65 bits per heavy atom. The van der Waals surface area contributed by atoms with Crippen molar-refractivity contribution in [3.05, 3.63) is 28.5 Å². The first-order valence-corrected chi connectivity index (χ1v) is 7.23. The molecule has 0 aliphatic carbocycles. The van der Waals surface area contributed by atoms with Crippen LogP contribution in [0.2, 0.25) is 5.02 Å². The third kappa shape index (κ3) is 4.44. The molecular formula is C11H15ClN2O2S. The summed E-state index contributed by atoms with van der Waals surface area (Å²) in [5.74, 6) is 0.128. The molecule has 1 amide bonds. The molecule has 6 heteroatoms. The molecule has 0 spiro atoms. The van der Waals surface area contributed by atoms with Crippen LogP contribution in [0.15, 0.2) is 12.3 Å². The van der Waals surface area contributed by atoms with E-state index in [0.29, 0.717) is 16.3 Å². The number of carbonyl (C=O) groups is 1. The normalized spacial score (nSPS) is 14.1. The molecule has 0 aromatic carbocycles. The molecule has 0 saturated carbocycles. The minimum absolute atomic E-state index is 0.161. The number of hydrogen-bond donors (Lipinski definition) is 1. The SMILES string of the molecule is Cc1cc(Cl)c(C(=O)NC(C)CS(C)=O)cn1. The van der Waals surface area contributed by atoms with E-state index in [2.05, 4.69) is 10.3 Å². The summed E-state index contributed by atoms with van der Waals surface area (Å²) < 4.78 is 11.0. The van der Waals surface area contributed by atoms with Crippen LogP contribution in [-0.2, 0) is 10.8 Å². The fourth-order valence-corrected chi connectivity index (χ4v) is 2.47. The van der Waals surface area contributed by atoms with Crippen LogP contribution in [0.4, 0.5) is 0 Å². The maximum atomic E-state index is 11.8. The van der Waals surface area contributed by atoms with Gasteiger partial charge in [-0.1, -0.05) is 11.6 Å². The van der Waals surface area contributed by atoms with E-state index in [4.69, 9.17) is 11.6 Å². The van der Waals surface area contributed by atoms with Crippen LogP contribution in [0.25, 0.3) is 0 Å². The number of amides is 1. The lowest BCUT2D eigenvalue weighted by molar-refractivity contribution is 0.0943. The van der Waals surface area contributed by atoms with Crippen molar-refractivity contribution in [2.24, 2.45) is 0 Å². The van der Waals surface area contributed by atoms with Crippen molar-refractivity contribution in [2.45, 2.75) is 19.9 Å². The summed E-state index contributed by atoms with van der Waals surface area (Å²) in [6, 6.07) is 1.48. The molecule has 4 nitrogen and oxygen atoms in total. The Morgan fingerprint density at radius 3 is 2.82 bits per heavy atom. The van der Waals surface area contributed by atoms with Gasteiger partial charge in [-0.3, -0.25) is 14.0 Å². The summed E-state index contributed by atoms with van der Waals surface area (Å²) in [4.78, 5) is 15.9. The molecule has 17 heavy (non-hydrogen) atoms. The fraction of sp³-hybridized carbons (Fsp3) is 0.455. The summed E-state index contributed by atoms with van der Waals surface area (Å²) in [6.07, 6.45) is 3.05. The van der Waals surface area contributed by atoms with Crippen molar-refractivity contribution in [3.8, 4) is 0 Å². The minimum Gasteiger partial charge on any atom is -0.349 e. The minimum atomic E-state index is -0.941. The van der Waals surface area contributed by atoms with Gasteiger partial charge in [0.25, 0.3) is 5.91 Å². The summed E-state index contributed by atoms with van der Waals surface area (Å²) in [5.41, 5.74) is 1.10. The Bertz CT molecular complexity index is 451. The van der Waals surface area contributed by atoms with Crippen LogP contribution in [0.5, 0.6) is 0 Å². The van der Waals surface area contributed by atoms with Gasteiger partial charge in [-0.15, -0.1) is 0 Å². The molecule has 1 N–H and O–H groups in total. The highest BCUT2D eigenvalue weighted by atomic mass is 35.5. The average Bonchev–Trinajstić information content (AvgIpc) is 2.15. The Kier molecular flexibility index (Phi) is 5.08. The fourth-order valence-electron chi connectivity index (χ4n) is 1.39.